The highest BCUT2D eigenvalue weighted by atomic mass is 32.1. The van der Waals surface area contributed by atoms with Gasteiger partial charge >= 0.3 is 0 Å². The molecule has 2 aromatic heterocycles. The molecule has 2 rings (SSSR count). The molecular weight excluding hydrogens is 192 g/mol. The van der Waals surface area contributed by atoms with Crippen LogP contribution in [-0.4, -0.2) is 19.1 Å². The summed E-state index contributed by atoms with van der Waals surface area (Å²) in [6.45, 7) is 0. The molecule has 2 aromatic rings. The molecule has 0 aromatic carbocycles. The van der Waals surface area contributed by atoms with Crippen molar-refractivity contribution in [1.29, 1.82) is 0 Å². The molecule has 0 saturated carbocycles. The van der Waals surface area contributed by atoms with E-state index in [0.29, 0.717) is 0 Å². The standard InChI is InChI=1S/C11H12N2S/c1-13(2)11-4-3-10(14-11)9-5-7-12-8-6-9/h3-8H,1-2H3. The van der Waals surface area contributed by atoms with Crippen molar-refractivity contribution in [3.8, 4) is 10.4 Å². The van der Waals surface area contributed by atoms with Crippen LogP contribution in [0.1, 0.15) is 0 Å². The maximum Gasteiger partial charge on any atom is 0.0909 e. The van der Waals surface area contributed by atoms with E-state index in [1.807, 2.05) is 24.5 Å². The molecule has 0 amide bonds. The third-order valence-electron chi connectivity index (χ3n) is 2.00. The Morgan fingerprint density at radius 1 is 1.07 bits per heavy atom. The van der Waals surface area contributed by atoms with Gasteiger partial charge in [-0.15, -0.1) is 11.3 Å². The summed E-state index contributed by atoms with van der Waals surface area (Å²) in [6.07, 6.45) is 3.65. The number of nitrogens with zero attached hydrogens (tertiary/aromatic N) is 2. The molecule has 0 atom stereocenters. The van der Waals surface area contributed by atoms with E-state index in [4.69, 9.17) is 0 Å². The Labute approximate surface area is 87.8 Å². The van der Waals surface area contributed by atoms with Crippen LogP contribution in [0, 0.1) is 0 Å². The number of aromatic nitrogens is 1. The molecule has 2 nitrogen and oxygen atoms in total. The topological polar surface area (TPSA) is 16.1 Å². The molecule has 0 unspecified atom stereocenters. The molecule has 2 heterocycles. The Kier molecular flexibility index (Phi) is 2.50. The van der Waals surface area contributed by atoms with Crippen molar-refractivity contribution in [3.05, 3.63) is 36.7 Å². The quantitative estimate of drug-likeness (QED) is 0.747. The molecule has 72 valence electrons. The summed E-state index contributed by atoms with van der Waals surface area (Å²) in [6, 6.07) is 8.35. The van der Waals surface area contributed by atoms with Crippen molar-refractivity contribution in [2.45, 2.75) is 0 Å². The van der Waals surface area contributed by atoms with Crippen LogP contribution in [0.25, 0.3) is 10.4 Å². The van der Waals surface area contributed by atoms with Gasteiger partial charge in [0.25, 0.3) is 0 Å². The SMILES string of the molecule is CN(C)c1ccc(-c2ccncc2)s1. The van der Waals surface area contributed by atoms with Crippen LogP contribution < -0.4 is 4.90 Å². The maximum atomic E-state index is 4.01. The van der Waals surface area contributed by atoms with Gasteiger partial charge in [-0.25, -0.2) is 0 Å². The molecule has 0 bridgehead atoms. The van der Waals surface area contributed by atoms with Crippen LogP contribution in [-0.2, 0) is 0 Å². The van der Waals surface area contributed by atoms with E-state index in [1.165, 1.54) is 15.4 Å². The van der Waals surface area contributed by atoms with Crippen molar-refractivity contribution >= 4 is 16.3 Å². The van der Waals surface area contributed by atoms with Gasteiger partial charge in [0, 0.05) is 31.4 Å². The molecular formula is C11H12N2S. The second-order valence-corrected chi connectivity index (χ2v) is 4.33. The highest BCUT2D eigenvalue weighted by molar-refractivity contribution is 7.19. The zero-order chi connectivity index (χ0) is 9.97. The summed E-state index contributed by atoms with van der Waals surface area (Å²) in [5.74, 6) is 0. The van der Waals surface area contributed by atoms with E-state index in [9.17, 15) is 0 Å². The van der Waals surface area contributed by atoms with Gasteiger partial charge in [0.1, 0.15) is 0 Å². The second-order valence-electron chi connectivity index (χ2n) is 3.27. The molecule has 0 fully saturated rings. The first-order chi connectivity index (χ1) is 6.77. The van der Waals surface area contributed by atoms with Crippen molar-refractivity contribution in [1.82, 2.24) is 4.98 Å². The third kappa shape index (κ3) is 1.77. The third-order valence-corrected chi connectivity index (χ3v) is 3.30. The molecule has 0 saturated heterocycles. The molecule has 0 spiro atoms. The number of hydrogen-bond donors (Lipinski definition) is 0. The predicted molar refractivity (Wildman–Crippen MR) is 61.9 cm³/mol. The first-order valence-electron chi connectivity index (χ1n) is 4.45. The van der Waals surface area contributed by atoms with E-state index >= 15 is 0 Å². The summed E-state index contributed by atoms with van der Waals surface area (Å²) >= 11 is 1.79. The minimum absolute atomic E-state index is 1.23. The Bertz CT molecular complexity index is 406. The van der Waals surface area contributed by atoms with Crippen molar-refractivity contribution in [2.75, 3.05) is 19.0 Å². The first-order valence-corrected chi connectivity index (χ1v) is 5.26. The van der Waals surface area contributed by atoms with Gasteiger partial charge < -0.3 is 4.90 Å². The van der Waals surface area contributed by atoms with Gasteiger partial charge in [-0.05, 0) is 29.8 Å². The lowest BCUT2D eigenvalue weighted by Crippen LogP contribution is -2.05. The van der Waals surface area contributed by atoms with Crippen LogP contribution in [0.2, 0.25) is 0 Å². The highest BCUT2D eigenvalue weighted by Crippen LogP contribution is 2.31. The minimum Gasteiger partial charge on any atom is -0.370 e. The summed E-state index contributed by atoms with van der Waals surface area (Å²) in [4.78, 5) is 7.42. The number of anilines is 1. The van der Waals surface area contributed by atoms with Gasteiger partial charge in [0.2, 0.25) is 0 Å². The average Bonchev–Trinajstić information content (AvgIpc) is 2.68. The fraction of sp³-hybridized carbons (Fsp3) is 0.182. The Morgan fingerprint density at radius 3 is 2.36 bits per heavy atom. The average molecular weight is 204 g/mol. The zero-order valence-corrected chi connectivity index (χ0v) is 9.08. The maximum absolute atomic E-state index is 4.01. The van der Waals surface area contributed by atoms with Crippen LogP contribution in [0.4, 0.5) is 5.00 Å². The molecule has 0 aliphatic heterocycles. The second kappa shape index (κ2) is 3.80. The number of pyridine rings is 1. The fourth-order valence-electron chi connectivity index (χ4n) is 1.24. The molecule has 0 aliphatic rings. The largest absolute Gasteiger partial charge is 0.370 e. The van der Waals surface area contributed by atoms with E-state index in [2.05, 4.69) is 36.1 Å². The normalized spacial score (nSPS) is 10.1. The monoisotopic (exact) mass is 204 g/mol. The van der Waals surface area contributed by atoms with Crippen LogP contribution in [0.5, 0.6) is 0 Å². The van der Waals surface area contributed by atoms with Gasteiger partial charge in [-0.2, -0.15) is 0 Å². The van der Waals surface area contributed by atoms with Crippen LogP contribution >= 0.6 is 11.3 Å². The van der Waals surface area contributed by atoms with Crippen molar-refractivity contribution < 1.29 is 0 Å². The van der Waals surface area contributed by atoms with E-state index < -0.39 is 0 Å². The molecule has 3 heteroatoms. The van der Waals surface area contributed by atoms with Gasteiger partial charge in [0.15, 0.2) is 0 Å². The van der Waals surface area contributed by atoms with Crippen LogP contribution in [0.15, 0.2) is 36.7 Å². The van der Waals surface area contributed by atoms with E-state index in [0.717, 1.165) is 0 Å². The summed E-state index contributed by atoms with van der Waals surface area (Å²) in [7, 11) is 4.12. The van der Waals surface area contributed by atoms with Gasteiger partial charge in [-0.1, -0.05) is 0 Å². The van der Waals surface area contributed by atoms with Gasteiger partial charge in [0.05, 0.1) is 5.00 Å². The number of thiophene rings is 1. The Hall–Kier alpha value is -1.35. The minimum atomic E-state index is 1.23. The number of rotatable bonds is 2. The number of hydrogen-bond acceptors (Lipinski definition) is 3. The highest BCUT2D eigenvalue weighted by Gasteiger charge is 2.02. The summed E-state index contributed by atoms with van der Waals surface area (Å²) in [5, 5.41) is 1.27. The summed E-state index contributed by atoms with van der Waals surface area (Å²) in [5.41, 5.74) is 1.23. The molecule has 0 aliphatic carbocycles. The van der Waals surface area contributed by atoms with Crippen molar-refractivity contribution in [2.24, 2.45) is 0 Å². The molecule has 14 heavy (non-hydrogen) atoms. The smallest absolute Gasteiger partial charge is 0.0909 e. The lowest BCUT2D eigenvalue weighted by Gasteiger charge is -2.07. The predicted octanol–water partition coefficient (Wildman–Crippen LogP) is 2.88. The zero-order valence-electron chi connectivity index (χ0n) is 8.27. The summed E-state index contributed by atoms with van der Waals surface area (Å²) < 4.78 is 0. The van der Waals surface area contributed by atoms with E-state index in [1.54, 1.807) is 11.3 Å². The lowest BCUT2D eigenvalue weighted by molar-refractivity contribution is 1.16. The first kappa shape index (κ1) is 9.21. The Morgan fingerprint density at radius 2 is 1.79 bits per heavy atom. The molecule has 0 N–H and O–H groups in total. The van der Waals surface area contributed by atoms with Crippen LogP contribution in [0.3, 0.4) is 0 Å². The Balaban J connectivity index is 2.34. The fourth-order valence-corrected chi connectivity index (χ4v) is 2.17. The van der Waals surface area contributed by atoms with E-state index in [-0.39, 0.29) is 0 Å². The van der Waals surface area contributed by atoms with Gasteiger partial charge in [-0.3, -0.25) is 4.98 Å². The van der Waals surface area contributed by atoms with Crippen molar-refractivity contribution in [3.63, 3.8) is 0 Å². The lowest BCUT2D eigenvalue weighted by atomic mass is 10.2. The molecule has 0 radical (unpaired) electrons.